The zero-order chi connectivity index (χ0) is 13.1. The second kappa shape index (κ2) is 5.58. The number of nitrogen functional groups attached to an aromatic ring is 1. The minimum Gasteiger partial charge on any atom is -0.492 e. The number of thiophene rings is 1. The average Bonchev–Trinajstić information content (AvgIpc) is 2.54. The predicted octanol–water partition coefficient (Wildman–Crippen LogP) is 1.77. The molecule has 2 N–H and O–H groups in total. The summed E-state index contributed by atoms with van der Waals surface area (Å²) in [4.78, 5) is 14.3. The highest BCUT2D eigenvalue weighted by Gasteiger charge is 2.24. The van der Waals surface area contributed by atoms with E-state index in [4.69, 9.17) is 15.2 Å². The number of nitrogens with zero attached hydrogens (tertiary/aromatic N) is 1. The molecule has 1 aromatic heterocycles. The highest BCUT2D eigenvalue weighted by Crippen LogP contribution is 2.45. The number of nitrogens with two attached hydrogens (primary N) is 1. The number of anilines is 2. The van der Waals surface area contributed by atoms with Crippen LogP contribution in [0.25, 0.3) is 0 Å². The van der Waals surface area contributed by atoms with Crippen molar-refractivity contribution >= 4 is 27.8 Å². The molecule has 0 saturated carbocycles. The summed E-state index contributed by atoms with van der Waals surface area (Å²) in [5, 5.41) is 0.936. The van der Waals surface area contributed by atoms with E-state index in [0.29, 0.717) is 22.9 Å². The Morgan fingerprint density at radius 3 is 2.89 bits per heavy atom. The number of hydrogen-bond donors (Lipinski definition) is 1. The molecule has 0 atom stereocenters. The molecule has 0 aromatic carbocycles. The largest absolute Gasteiger partial charge is 0.492 e. The van der Waals surface area contributed by atoms with Crippen LogP contribution in [-0.4, -0.2) is 39.2 Å². The maximum Gasteiger partial charge on any atom is 0.177 e. The highest BCUT2D eigenvalue weighted by molar-refractivity contribution is 7.19. The van der Waals surface area contributed by atoms with Crippen LogP contribution in [0.2, 0.25) is 0 Å². The Kier molecular flexibility index (Phi) is 4.08. The van der Waals surface area contributed by atoms with Gasteiger partial charge in [-0.3, -0.25) is 4.79 Å². The number of Topliss-reactive ketones (excluding diaryl/α,β-unsaturated/α-hetero) is 1. The molecule has 1 fully saturated rings. The standard InChI is InChI=1S/C12H18N2O3S/c1-8(15)11-9(13)10(16-2)12(18-11)14-4-3-6-17-7-5-14/h3-7,13H2,1-2H3. The van der Waals surface area contributed by atoms with Crippen molar-refractivity contribution in [3.8, 4) is 5.75 Å². The van der Waals surface area contributed by atoms with Gasteiger partial charge in [-0.25, -0.2) is 0 Å². The van der Waals surface area contributed by atoms with Crippen LogP contribution in [0.3, 0.4) is 0 Å². The van der Waals surface area contributed by atoms with Gasteiger partial charge in [-0.05, 0) is 6.42 Å². The van der Waals surface area contributed by atoms with Gasteiger partial charge in [0.15, 0.2) is 11.5 Å². The van der Waals surface area contributed by atoms with Crippen molar-refractivity contribution in [2.75, 3.05) is 44.0 Å². The van der Waals surface area contributed by atoms with Crippen LogP contribution in [-0.2, 0) is 4.74 Å². The van der Waals surface area contributed by atoms with Crippen LogP contribution in [0.5, 0.6) is 5.75 Å². The SMILES string of the molecule is COc1c(N2CCCOCC2)sc(C(C)=O)c1N. The molecule has 100 valence electrons. The number of methoxy groups -OCH3 is 1. The summed E-state index contributed by atoms with van der Waals surface area (Å²) in [6.45, 7) is 4.69. The number of hydrogen-bond acceptors (Lipinski definition) is 6. The molecule has 2 heterocycles. The minimum absolute atomic E-state index is 0.0203. The molecule has 1 saturated heterocycles. The topological polar surface area (TPSA) is 64.8 Å². The lowest BCUT2D eigenvalue weighted by Gasteiger charge is -2.20. The molecule has 1 aliphatic heterocycles. The zero-order valence-corrected chi connectivity index (χ0v) is 11.5. The van der Waals surface area contributed by atoms with E-state index in [-0.39, 0.29) is 5.78 Å². The lowest BCUT2D eigenvalue weighted by molar-refractivity contribution is 0.102. The van der Waals surface area contributed by atoms with Crippen molar-refractivity contribution < 1.29 is 14.3 Å². The molecule has 0 radical (unpaired) electrons. The molecule has 0 aliphatic carbocycles. The second-order valence-corrected chi connectivity index (χ2v) is 5.19. The van der Waals surface area contributed by atoms with E-state index in [1.807, 2.05) is 0 Å². The number of rotatable bonds is 3. The van der Waals surface area contributed by atoms with Gasteiger partial charge in [0.25, 0.3) is 0 Å². The first-order valence-corrected chi connectivity index (χ1v) is 6.76. The summed E-state index contributed by atoms with van der Waals surface area (Å²) < 4.78 is 10.8. The summed E-state index contributed by atoms with van der Waals surface area (Å²) in [5.41, 5.74) is 6.42. The highest BCUT2D eigenvalue weighted by atomic mass is 32.1. The van der Waals surface area contributed by atoms with Crippen LogP contribution >= 0.6 is 11.3 Å². The summed E-state index contributed by atoms with van der Waals surface area (Å²) in [7, 11) is 1.58. The Morgan fingerprint density at radius 2 is 2.22 bits per heavy atom. The van der Waals surface area contributed by atoms with Gasteiger partial charge < -0.3 is 20.1 Å². The van der Waals surface area contributed by atoms with Gasteiger partial charge >= 0.3 is 0 Å². The van der Waals surface area contributed by atoms with E-state index in [0.717, 1.165) is 31.1 Å². The number of carbonyl (C=O) groups is 1. The number of ketones is 1. The Hall–Kier alpha value is -1.27. The van der Waals surface area contributed by atoms with E-state index in [2.05, 4.69) is 4.90 Å². The summed E-state index contributed by atoms with van der Waals surface area (Å²) in [5.74, 6) is 0.597. The van der Waals surface area contributed by atoms with Crippen LogP contribution in [0.1, 0.15) is 23.0 Å². The monoisotopic (exact) mass is 270 g/mol. The van der Waals surface area contributed by atoms with E-state index in [1.54, 1.807) is 7.11 Å². The van der Waals surface area contributed by atoms with Gasteiger partial charge in [-0.15, -0.1) is 11.3 Å². The smallest absolute Gasteiger partial charge is 0.177 e. The molecule has 5 nitrogen and oxygen atoms in total. The lowest BCUT2D eigenvalue weighted by atomic mass is 10.3. The molecule has 0 spiro atoms. The molecule has 0 amide bonds. The van der Waals surface area contributed by atoms with Gasteiger partial charge in [0.05, 0.1) is 24.3 Å². The molecule has 1 aromatic rings. The fraction of sp³-hybridized carbons (Fsp3) is 0.583. The second-order valence-electron chi connectivity index (χ2n) is 4.19. The maximum atomic E-state index is 11.5. The van der Waals surface area contributed by atoms with Gasteiger partial charge in [0.2, 0.25) is 0 Å². The third-order valence-corrected chi connectivity index (χ3v) is 4.26. The van der Waals surface area contributed by atoms with Crippen molar-refractivity contribution in [2.24, 2.45) is 0 Å². The van der Waals surface area contributed by atoms with Crippen LogP contribution in [0, 0.1) is 0 Å². The Balaban J connectivity index is 2.36. The normalized spacial score (nSPS) is 16.4. The summed E-state index contributed by atoms with van der Waals surface area (Å²) in [6.07, 6.45) is 0.969. The third kappa shape index (κ3) is 2.44. The molecule has 0 bridgehead atoms. The first kappa shape index (κ1) is 13.2. The molecule has 18 heavy (non-hydrogen) atoms. The van der Waals surface area contributed by atoms with Gasteiger partial charge in [0, 0.05) is 26.6 Å². The van der Waals surface area contributed by atoms with Crippen molar-refractivity contribution in [1.29, 1.82) is 0 Å². The van der Waals surface area contributed by atoms with Crippen LogP contribution in [0.15, 0.2) is 0 Å². The Labute approximate surface area is 110 Å². The van der Waals surface area contributed by atoms with Gasteiger partial charge in [-0.2, -0.15) is 0 Å². The summed E-state index contributed by atoms with van der Waals surface area (Å²) in [6, 6.07) is 0. The molecular formula is C12H18N2O3S. The van der Waals surface area contributed by atoms with Crippen molar-refractivity contribution in [3.63, 3.8) is 0 Å². The Morgan fingerprint density at radius 1 is 1.44 bits per heavy atom. The first-order chi connectivity index (χ1) is 8.65. The predicted molar refractivity (Wildman–Crippen MR) is 72.9 cm³/mol. The lowest BCUT2D eigenvalue weighted by Crippen LogP contribution is -2.25. The van der Waals surface area contributed by atoms with Gasteiger partial charge in [-0.1, -0.05) is 0 Å². The van der Waals surface area contributed by atoms with Crippen LogP contribution < -0.4 is 15.4 Å². The van der Waals surface area contributed by atoms with Gasteiger partial charge in [0.1, 0.15) is 5.00 Å². The van der Waals surface area contributed by atoms with Crippen molar-refractivity contribution in [2.45, 2.75) is 13.3 Å². The third-order valence-electron chi connectivity index (χ3n) is 2.92. The van der Waals surface area contributed by atoms with Crippen molar-refractivity contribution in [3.05, 3.63) is 4.88 Å². The summed E-state index contributed by atoms with van der Waals surface area (Å²) >= 11 is 1.41. The number of carbonyl (C=O) groups excluding carboxylic acids is 1. The van der Waals surface area contributed by atoms with E-state index < -0.39 is 0 Å². The molecular weight excluding hydrogens is 252 g/mol. The zero-order valence-electron chi connectivity index (χ0n) is 10.7. The first-order valence-electron chi connectivity index (χ1n) is 5.95. The molecule has 1 aliphatic rings. The quantitative estimate of drug-likeness (QED) is 0.848. The minimum atomic E-state index is -0.0203. The van der Waals surface area contributed by atoms with E-state index in [9.17, 15) is 4.79 Å². The number of ether oxygens (including phenoxy) is 2. The van der Waals surface area contributed by atoms with E-state index >= 15 is 0 Å². The van der Waals surface area contributed by atoms with E-state index in [1.165, 1.54) is 18.3 Å². The molecule has 0 unspecified atom stereocenters. The Bertz CT molecular complexity index is 437. The molecule has 2 rings (SSSR count). The average molecular weight is 270 g/mol. The van der Waals surface area contributed by atoms with Crippen LogP contribution in [0.4, 0.5) is 10.7 Å². The van der Waals surface area contributed by atoms with Crippen molar-refractivity contribution in [1.82, 2.24) is 0 Å². The fourth-order valence-electron chi connectivity index (χ4n) is 2.03. The fourth-order valence-corrected chi connectivity index (χ4v) is 3.17. The maximum absolute atomic E-state index is 11.5. The molecule has 6 heteroatoms.